The molecule has 0 aliphatic heterocycles. The number of nitrogen functional groups attached to an aromatic ring is 1. The Labute approximate surface area is 86.3 Å². The predicted molar refractivity (Wildman–Crippen MR) is 54.3 cm³/mol. The third-order valence-electron chi connectivity index (χ3n) is 1.35. The van der Waals surface area contributed by atoms with E-state index in [9.17, 15) is 4.79 Å². The molecule has 4 nitrogen and oxygen atoms in total. The van der Waals surface area contributed by atoms with Crippen molar-refractivity contribution < 1.29 is 4.79 Å². The molecule has 0 aliphatic rings. The number of carbonyl (C=O) groups excluding carboxylic acids is 1. The Morgan fingerprint density at radius 3 is 2.93 bits per heavy atom. The molecule has 1 aromatic rings. The molecule has 1 amide bonds. The number of pyridine rings is 1. The maximum atomic E-state index is 10.4. The molecule has 0 atom stereocenters. The maximum absolute atomic E-state index is 10.4. The van der Waals surface area contributed by atoms with E-state index in [1.54, 1.807) is 6.07 Å². The molecule has 0 spiro atoms. The first kappa shape index (κ1) is 10.4. The zero-order chi connectivity index (χ0) is 10.6. The number of aromatic nitrogens is 1. The molecule has 4 N–H and O–H groups in total. The van der Waals surface area contributed by atoms with Gasteiger partial charge < -0.3 is 11.5 Å². The Kier molecular flexibility index (Phi) is 3.32. The summed E-state index contributed by atoms with van der Waals surface area (Å²) >= 11 is 5.64. The van der Waals surface area contributed by atoms with Gasteiger partial charge in [-0.2, -0.15) is 0 Å². The fourth-order valence-corrected chi connectivity index (χ4v) is 0.941. The van der Waals surface area contributed by atoms with E-state index in [2.05, 4.69) is 16.8 Å². The van der Waals surface area contributed by atoms with Crippen LogP contribution in [0.15, 0.2) is 12.3 Å². The molecule has 1 heterocycles. The lowest BCUT2D eigenvalue weighted by molar-refractivity contribution is -0.117. The van der Waals surface area contributed by atoms with E-state index < -0.39 is 5.91 Å². The highest BCUT2D eigenvalue weighted by atomic mass is 35.5. The van der Waals surface area contributed by atoms with Crippen LogP contribution in [0.3, 0.4) is 0 Å². The van der Waals surface area contributed by atoms with E-state index in [0.29, 0.717) is 16.4 Å². The number of nitrogens with two attached hydrogens (primary N) is 2. The summed E-state index contributed by atoms with van der Waals surface area (Å²) in [6, 6.07) is 1.54. The highest BCUT2D eigenvalue weighted by molar-refractivity contribution is 6.30. The van der Waals surface area contributed by atoms with Crippen LogP contribution in [0.2, 0.25) is 5.02 Å². The molecule has 0 saturated carbocycles. The van der Waals surface area contributed by atoms with Gasteiger partial charge in [-0.05, 0) is 12.0 Å². The summed E-state index contributed by atoms with van der Waals surface area (Å²) in [4.78, 5) is 14.3. The van der Waals surface area contributed by atoms with Crippen molar-refractivity contribution in [1.29, 1.82) is 0 Å². The van der Waals surface area contributed by atoms with Crippen molar-refractivity contribution in [3.05, 3.63) is 23.0 Å². The van der Waals surface area contributed by atoms with Crippen LogP contribution in [0.25, 0.3) is 0 Å². The summed E-state index contributed by atoms with van der Waals surface area (Å²) in [5.41, 5.74) is 11.3. The van der Waals surface area contributed by atoms with Crippen LogP contribution < -0.4 is 11.5 Å². The summed E-state index contributed by atoms with van der Waals surface area (Å²) in [5, 5.41) is 0.447. The van der Waals surface area contributed by atoms with E-state index >= 15 is 0 Å². The second-order valence-electron chi connectivity index (χ2n) is 2.54. The molecule has 14 heavy (non-hydrogen) atoms. The van der Waals surface area contributed by atoms with E-state index in [1.165, 1.54) is 6.20 Å². The topological polar surface area (TPSA) is 82.0 Å². The number of halogens is 1. The molecule has 0 bridgehead atoms. The normalized spacial score (nSPS) is 8.93. The van der Waals surface area contributed by atoms with Crippen LogP contribution in [-0.2, 0) is 4.79 Å². The Morgan fingerprint density at radius 1 is 1.64 bits per heavy atom. The van der Waals surface area contributed by atoms with Gasteiger partial charge in [0, 0.05) is 6.20 Å². The molecule has 0 radical (unpaired) electrons. The smallest absolute Gasteiger partial charge is 0.229 e. The summed E-state index contributed by atoms with van der Waals surface area (Å²) in [6.07, 6.45) is 1.43. The van der Waals surface area contributed by atoms with Crippen LogP contribution in [0.5, 0.6) is 0 Å². The molecule has 0 aromatic carbocycles. The summed E-state index contributed by atoms with van der Waals surface area (Å²) < 4.78 is 0. The predicted octanol–water partition coefficient (Wildman–Crippen LogP) is 0.544. The van der Waals surface area contributed by atoms with Crippen molar-refractivity contribution in [2.75, 3.05) is 5.73 Å². The van der Waals surface area contributed by atoms with Crippen molar-refractivity contribution in [3.8, 4) is 11.8 Å². The zero-order valence-electron chi connectivity index (χ0n) is 7.25. The average Bonchev–Trinajstić information content (AvgIpc) is 2.08. The van der Waals surface area contributed by atoms with Gasteiger partial charge in [0.1, 0.15) is 5.69 Å². The van der Waals surface area contributed by atoms with Gasteiger partial charge in [-0.15, -0.1) is 0 Å². The third kappa shape index (κ3) is 2.96. The SMILES string of the molecule is NC(=O)CC#Cc1ncc(Cl)cc1N. The standard InChI is InChI=1S/C9H8ClN3O/c10-6-4-7(11)8(13-5-6)2-1-3-9(12)14/h4-5H,3,11H2,(H2,12,14). The Morgan fingerprint density at radius 2 is 2.36 bits per heavy atom. The number of primary amides is 1. The zero-order valence-corrected chi connectivity index (χ0v) is 8.01. The molecule has 1 aromatic heterocycles. The summed E-state index contributed by atoms with van der Waals surface area (Å²) in [5.74, 6) is 4.70. The lowest BCUT2D eigenvalue weighted by atomic mass is 10.3. The molecule has 5 heteroatoms. The first-order chi connectivity index (χ1) is 6.59. The highest BCUT2D eigenvalue weighted by Gasteiger charge is 1.97. The van der Waals surface area contributed by atoms with Crippen molar-refractivity contribution in [1.82, 2.24) is 4.98 Å². The monoisotopic (exact) mass is 209 g/mol. The van der Waals surface area contributed by atoms with Gasteiger partial charge in [0.05, 0.1) is 17.1 Å². The Hall–Kier alpha value is -1.73. The van der Waals surface area contributed by atoms with Gasteiger partial charge in [-0.25, -0.2) is 4.98 Å². The van der Waals surface area contributed by atoms with Gasteiger partial charge in [-0.3, -0.25) is 4.79 Å². The molecule has 0 saturated heterocycles. The molecule has 72 valence electrons. The van der Waals surface area contributed by atoms with Crippen LogP contribution in [-0.4, -0.2) is 10.9 Å². The van der Waals surface area contributed by atoms with Crippen LogP contribution in [0, 0.1) is 11.8 Å². The van der Waals surface area contributed by atoms with Crippen molar-refractivity contribution in [3.63, 3.8) is 0 Å². The minimum atomic E-state index is -0.481. The summed E-state index contributed by atoms with van der Waals surface area (Å²) in [7, 11) is 0. The summed E-state index contributed by atoms with van der Waals surface area (Å²) in [6.45, 7) is 0. The first-order valence-corrected chi connectivity index (χ1v) is 4.15. The number of hydrogen-bond donors (Lipinski definition) is 2. The third-order valence-corrected chi connectivity index (χ3v) is 1.56. The molecule has 1 rings (SSSR count). The number of rotatable bonds is 1. The van der Waals surface area contributed by atoms with Crippen LogP contribution in [0.4, 0.5) is 5.69 Å². The molecular weight excluding hydrogens is 202 g/mol. The minimum absolute atomic E-state index is 0.0102. The highest BCUT2D eigenvalue weighted by Crippen LogP contribution is 2.13. The van der Waals surface area contributed by atoms with E-state index in [-0.39, 0.29) is 6.42 Å². The Bertz CT molecular complexity index is 420. The first-order valence-electron chi connectivity index (χ1n) is 3.78. The fraction of sp³-hybridized carbons (Fsp3) is 0.111. The van der Waals surface area contributed by atoms with Crippen LogP contribution in [0.1, 0.15) is 12.1 Å². The molecule has 0 aliphatic carbocycles. The Balaban J connectivity index is 2.85. The minimum Gasteiger partial charge on any atom is -0.396 e. The van der Waals surface area contributed by atoms with Gasteiger partial charge in [0.2, 0.25) is 5.91 Å². The lowest BCUT2D eigenvalue weighted by Crippen LogP contribution is -2.08. The van der Waals surface area contributed by atoms with E-state index in [4.69, 9.17) is 23.1 Å². The largest absolute Gasteiger partial charge is 0.396 e. The second-order valence-corrected chi connectivity index (χ2v) is 2.97. The van der Waals surface area contributed by atoms with E-state index in [0.717, 1.165) is 0 Å². The van der Waals surface area contributed by atoms with Crippen LogP contribution >= 0.6 is 11.6 Å². The molecule has 0 fully saturated rings. The average molecular weight is 210 g/mol. The van der Waals surface area contributed by atoms with Gasteiger partial charge >= 0.3 is 0 Å². The van der Waals surface area contributed by atoms with Crippen molar-refractivity contribution in [2.45, 2.75) is 6.42 Å². The number of hydrogen-bond acceptors (Lipinski definition) is 3. The second kappa shape index (κ2) is 4.49. The quantitative estimate of drug-likeness (QED) is 0.663. The lowest BCUT2D eigenvalue weighted by Gasteiger charge is -1.96. The van der Waals surface area contributed by atoms with Gasteiger partial charge in [0.25, 0.3) is 0 Å². The maximum Gasteiger partial charge on any atom is 0.229 e. The number of anilines is 1. The van der Waals surface area contributed by atoms with Gasteiger partial charge in [0.15, 0.2) is 0 Å². The number of nitrogens with zero attached hydrogens (tertiary/aromatic N) is 1. The molecule has 0 unspecified atom stereocenters. The number of carbonyl (C=O) groups is 1. The fourth-order valence-electron chi connectivity index (χ4n) is 0.774. The van der Waals surface area contributed by atoms with Crippen molar-refractivity contribution >= 4 is 23.2 Å². The van der Waals surface area contributed by atoms with Gasteiger partial charge in [-0.1, -0.05) is 17.5 Å². The molecular formula is C9H8ClN3O. The van der Waals surface area contributed by atoms with E-state index in [1.807, 2.05) is 0 Å². The number of amides is 1. The van der Waals surface area contributed by atoms with Crippen molar-refractivity contribution in [2.24, 2.45) is 5.73 Å².